The van der Waals surface area contributed by atoms with Crippen molar-refractivity contribution in [2.45, 2.75) is 70.6 Å². The van der Waals surface area contributed by atoms with Crippen molar-refractivity contribution < 1.29 is 19.4 Å². The van der Waals surface area contributed by atoms with Crippen LogP contribution >= 0.6 is 0 Å². The minimum absolute atomic E-state index is 0.130. The number of anilines is 1. The van der Waals surface area contributed by atoms with Crippen molar-refractivity contribution in [3.63, 3.8) is 0 Å². The summed E-state index contributed by atoms with van der Waals surface area (Å²) in [4.78, 5) is 28.1. The Kier molecular flexibility index (Phi) is 7.12. The van der Waals surface area contributed by atoms with Crippen molar-refractivity contribution in [1.82, 2.24) is 4.90 Å². The van der Waals surface area contributed by atoms with Crippen molar-refractivity contribution in [3.05, 3.63) is 65.7 Å². The number of benzene rings is 2. The maximum atomic E-state index is 13.5. The van der Waals surface area contributed by atoms with Crippen LogP contribution in [0.4, 0.5) is 10.5 Å². The zero-order chi connectivity index (χ0) is 23.4. The maximum Gasteiger partial charge on any atom is 0.411 e. The van der Waals surface area contributed by atoms with Crippen LogP contribution in [0, 0.1) is 5.92 Å². The van der Waals surface area contributed by atoms with Gasteiger partial charge < -0.3 is 15.6 Å². The van der Waals surface area contributed by atoms with Crippen molar-refractivity contribution in [1.29, 1.82) is 0 Å². The first kappa shape index (κ1) is 23.6. The van der Waals surface area contributed by atoms with Crippen LogP contribution in [0.1, 0.15) is 57.6 Å². The molecule has 1 atom stereocenters. The van der Waals surface area contributed by atoms with Crippen LogP contribution in [-0.4, -0.2) is 33.2 Å². The highest BCUT2D eigenvalue weighted by Crippen LogP contribution is 2.42. The number of nitrogens with two attached hydrogens (primary N) is 1. The van der Waals surface area contributed by atoms with Crippen molar-refractivity contribution in [2.24, 2.45) is 5.92 Å². The fraction of sp³-hybridized carbons (Fsp3) is 0.462. The summed E-state index contributed by atoms with van der Waals surface area (Å²) in [5.41, 5.74) is 5.98. The molecule has 3 N–H and O–H groups in total. The number of rotatable bonds is 7. The number of hydrogen-bond acceptors (Lipinski definition) is 4. The average molecular weight is 439 g/mol. The van der Waals surface area contributed by atoms with Crippen molar-refractivity contribution in [3.8, 4) is 0 Å². The molecule has 2 aromatic rings. The Labute approximate surface area is 190 Å². The smallest absolute Gasteiger partial charge is 0.411 e. The fourth-order valence-electron chi connectivity index (χ4n) is 4.63. The lowest BCUT2D eigenvalue weighted by Gasteiger charge is -2.45. The number of amides is 1. The lowest BCUT2D eigenvalue weighted by Crippen LogP contribution is -2.62. The van der Waals surface area contributed by atoms with Gasteiger partial charge in [0, 0.05) is 12.1 Å². The van der Waals surface area contributed by atoms with Crippen LogP contribution in [-0.2, 0) is 22.5 Å². The number of ether oxygens (including phenoxy) is 1. The van der Waals surface area contributed by atoms with E-state index in [0.717, 1.165) is 36.8 Å². The third kappa shape index (κ3) is 5.42. The Morgan fingerprint density at radius 3 is 2.12 bits per heavy atom. The number of carbonyl (C=O) groups is 2. The second kappa shape index (κ2) is 9.63. The molecule has 0 saturated heterocycles. The average Bonchev–Trinajstić information content (AvgIpc) is 3.26. The Balaban J connectivity index is 2.12. The molecule has 6 heteroatoms. The first-order chi connectivity index (χ1) is 15.1. The van der Waals surface area contributed by atoms with Gasteiger partial charge in [-0.2, -0.15) is 0 Å². The van der Waals surface area contributed by atoms with E-state index in [1.807, 2.05) is 42.5 Å². The number of nitrogens with zero attached hydrogens (tertiary/aromatic N) is 1. The molecule has 172 valence electrons. The summed E-state index contributed by atoms with van der Waals surface area (Å²) >= 11 is 0. The number of aliphatic carboxylic acids is 1. The molecule has 0 bridgehead atoms. The molecule has 1 amide bonds. The Bertz CT molecular complexity index is 915. The quantitative estimate of drug-likeness (QED) is 0.575. The SMILES string of the molecule is CC(C)(C)OC(=O)N(Cc1ccc(N)cc1)C(Cc1ccccc1)(C(=O)O)C1CCCC1. The van der Waals surface area contributed by atoms with Crippen LogP contribution < -0.4 is 5.73 Å². The van der Waals surface area contributed by atoms with Gasteiger partial charge in [-0.05, 0) is 62.8 Å². The lowest BCUT2D eigenvalue weighted by atomic mass is 9.76. The van der Waals surface area contributed by atoms with Gasteiger partial charge in [-0.1, -0.05) is 55.3 Å². The topological polar surface area (TPSA) is 92.9 Å². The van der Waals surface area contributed by atoms with Crippen molar-refractivity contribution in [2.75, 3.05) is 5.73 Å². The monoisotopic (exact) mass is 438 g/mol. The molecular formula is C26H34N2O4. The molecular weight excluding hydrogens is 404 g/mol. The van der Waals surface area contributed by atoms with Gasteiger partial charge in [-0.15, -0.1) is 0 Å². The molecule has 1 fully saturated rings. The number of nitrogen functional groups attached to an aromatic ring is 1. The molecule has 0 aromatic heterocycles. The van der Waals surface area contributed by atoms with Gasteiger partial charge in [-0.3, -0.25) is 4.90 Å². The second-order valence-corrected chi connectivity index (χ2v) is 9.68. The molecule has 1 aliphatic carbocycles. The van der Waals surface area contributed by atoms with Gasteiger partial charge in [0.2, 0.25) is 0 Å². The summed E-state index contributed by atoms with van der Waals surface area (Å²) in [6.07, 6.45) is 3.05. The summed E-state index contributed by atoms with van der Waals surface area (Å²) < 4.78 is 5.75. The molecule has 1 aliphatic rings. The molecule has 3 rings (SSSR count). The predicted molar refractivity (Wildman–Crippen MR) is 125 cm³/mol. The third-order valence-corrected chi connectivity index (χ3v) is 6.13. The van der Waals surface area contributed by atoms with Crippen LogP contribution in [0.25, 0.3) is 0 Å². The van der Waals surface area contributed by atoms with Crippen LogP contribution in [0.3, 0.4) is 0 Å². The molecule has 0 aliphatic heterocycles. The minimum Gasteiger partial charge on any atom is -0.479 e. The number of carbonyl (C=O) groups excluding carboxylic acids is 1. The summed E-state index contributed by atoms with van der Waals surface area (Å²) in [5.74, 6) is -1.16. The molecule has 1 unspecified atom stereocenters. The van der Waals surface area contributed by atoms with Crippen LogP contribution in [0.2, 0.25) is 0 Å². The Morgan fingerprint density at radius 2 is 1.59 bits per heavy atom. The van der Waals surface area contributed by atoms with Crippen molar-refractivity contribution >= 4 is 17.7 Å². The Hall–Kier alpha value is -3.02. The zero-order valence-electron chi connectivity index (χ0n) is 19.2. The third-order valence-electron chi connectivity index (χ3n) is 6.13. The van der Waals surface area contributed by atoms with Crippen LogP contribution in [0.15, 0.2) is 54.6 Å². The first-order valence-electron chi connectivity index (χ1n) is 11.2. The van der Waals surface area contributed by atoms with E-state index in [1.165, 1.54) is 4.90 Å². The summed E-state index contributed by atoms with van der Waals surface area (Å²) in [5, 5.41) is 10.7. The summed E-state index contributed by atoms with van der Waals surface area (Å²) in [6, 6.07) is 16.7. The first-order valence-corrected chi connectivity index (χ1v) is 11.2. The molecule has 0 heterocycles. The van der Waals surface area contributed by atoms with E-state index in [9.17, 15) is 14.7 Å². The van der Waals surface area contributed by atoms with Gasteiger partial charge >= 0.3 is 12.1 Å². The van der Waals surface area contributed by atoms with Gasteiger partial charge in [0.05, 0.1) is 6.54 Å². The largest absolute Gasteiger partial charge is 0.479 e. The lowest BCUT2D eigenvalue weighted by molar-refractivity contribution is -0.156. The van der Waals surface area contributed by atoms with E-state index in [1.54, 1.807) is 32.9 Å². The number of hydrogen-bond donors (Lipinski definition) is 2. The van der Waals surface area contributed by atoms with Gasteiger partial charge in [0.15, 0.2) is 5.54 Å². The second-order valence-electron chi connectivity index (χ2n) is 9.68. The molecule has 1 saturated carbocycles. The van der Waals surface area contributed by atoms with E-state index in [4.69, 9.17) is 10.5 Å². The highest BCUT2D eigenvalue weighted by molar-refractivity contribution is 5.85. The molecule has 6 nitrogen and oxygen atoms in total. The van der Waals surface area contributed by atoms with E-state index >= 15 is 0 Å². The highest BCUT2D eigenvalue weighted by atomic mass is 16.6. The number of carboxylic acids is 1. The molecule has 0 spiro atoms. The zero-order valence-corrected chi connectivity index (χ0v) is 19.2. The standard InChI is InChI=1S/C26H34N2O4/c1-25(2,3)32-24(31)28(18-20-13-15-22(27)16-14-20)26(23(29)30,21-11-7-8-12-21)17-19-9-5-4-6-10-19/h4-6,9-10,13-16,21H,7-8,11-12,17-18,27H2,1-3H3,(H,29,30). The van der Waals surface area contributed by atoms with Gasteiger partial charge in [0.25, 0.3) is 0 Å². The maximum absolute atomic E-state index is 13.5. The normalized spacial score (nSPS) is 16.3. The summed E-state index contributed by atoms with van der Waals surface area (Å²) in [6.45, 7) is 5.51. The van der Waals surface area contributed by atoms with Crippen LogP contribution in [0.5, 0.6) is 0 Å². The molecule has 0 radical (unpaired) electrons. The summed E-state index contributed by atoms with van der Waals surface area (Å²) in [7, 11) is 0. The van der Waals surface area contributed by atoms with E-state index < -0.39 is 23.2 Å². The van der Waals surface area contributed by atoms with E-state index in [0.29, 0.717) is 5.69 Å². The van der Waals surface area contributed by atoms with E-state index in [2.05, 4.69) is 0 Å². The molecule has 32 heavy (non-hydrogen) atoms. The Morgan fingerprint density at radius 1 is 1.00 bits per heavy atom. The number of carboxylic acid groups (broad SMARTS) is 1. The minimum atomic E-state index is -1.42. The molecule has 2 aromatic carbocycles. The highest BCUT2D eigenvalue weighted by Gasteiger charge is 2.54. The van der Waals surface area contributed by atoms with Gasteiger partial charge in [-0.25, -0.2) is 9.59 Å². The van der Waals surface area contributed by atoms with E-state index in [-0.39, 0.29) is 18.9 Å². The van der Waals surface area contributed by atoms with Gasteiger partial charge in [0.1, 0.15) is 5.60 Å². The fourth-order valence-corrected chi connectivity index (χ4v) is 4.63. The predicted octanol–water partition coefficient (Wildman–Crippen LogP) is 5.26.